The van der Waals surface area contributed by atoms with Gasteiger partial charge in [0.1, 0.15) is 0 Å². The lowest BCUT2D eigenvalue weighted by Gasteiger charge is -2.45. The number of urea groups is 1. The molecule has 108 valence electrons. The number of anilines is 1. The van der Waals surface area contributed by atoms with Crippen LogP contribution in [-0.2, 0) is 0 Å². The summed E-state index contributed by atoms with van der Waals surface area (Å²) in [6, 6.07) is 5.57. The summed E-state index contributed by atoms with van der Waals surface area (Å²) in [5.74, 6) is 0.494. The molecule has 3 N–H and O–H groups in total. The normalized spacial score (nSPS) is 20.8. The summed E-state index contributed by atoms with van der Waals surface area (Å²) in [5.41, 5.74) is 10.9. The summed E-state index contributed by atoms with van der Waals surface area (Å²) in [7, 11) is 2.13. The van der Waals surface area contributed by atoms with Gasteiger partial charge in [-0.2, -0.15) is 5.10 Å². The van der Waals surface area contributed by atoms with Gasteiger partial charge in [-0.3, -0.25) is 0 Å². The van der Waals surface area contributed by atoms with Crippen molar-refractivity contribution < 1.29 is 4.79 Å². The number of nitrogens with one attached hydrogen (secondary N) is 1. The molecule has 0 spiro atoms. The summed E-state index contributed by atoms with van der Waals surface area (Å²) < 4.78 is 0. The largest absolute Gasteiger partial charge is 0.369 e. The molecule has 5 nitrogen and oxygen atoms in total. The number of nitrogens with two attached hydrogens (primary N) is 1. The smallest absolute Gasteiger partial charge is 0.332 e. The van der Waals surface area contributed by atoms with Gasteiger partial charge in [0.05, 0.1) is 6.21 Å². The van der Waals surface area contributed by atoms with Crippen LogP contribution in [0.25, 0.3) is 0 Å². The van der Waals surface area contributed by atoms with Crippen LogP contribution in [0.15, 0.2) is 23.3 Å². The van der Waals surface area contributed by atoms with Crippen molar-refractivity contribution in [3.8, 4) is 0 Å². The number of nitrogens with zero attached hydrogens (tertiary/aromatic N) is 2. The molecule has 0 aromatic heterocycles. The van der Waals surface area contributed by atoms with Crippen LogP contribution in [0.2, 0.25) is 0 Å². The lowest BCUT2D eigenvalue weighted by molar-refractivity contribution is 0.249. The molecule has 1 aliphatic heterocycles. The molecule has 1 aliphatic rings. The zero-order valence-corrected chi connectivity index (χ0v) is 12.5. The quantitative estimate of drug-likeness (QED) is 0.642. The van der Waals surface area contributed by atoms with Gasteiger partial charge in [0.15, 0.2) is 0 Å². The Kier molecular flexibility index (Phi) is 3.70. The fourth-order valence-electron chi connectivity index (χ4n) is 2.85. The maximum Gasteiger partial charge on any atom is 0.332 e. The molecule has 1 aromatic rings. The number of hydrazone groups is 1. The lowest BCUT2D eigenvalue weighted by Crippen LogP contribution is -2.45. The number of carbonyl (C=O) groups excluding carboxylic acids is 1. The molecule has 20 heavy (non-hydrogen) atoms. The average molecular weight is 274 g/mol. The average Bonchev–Trinajstić information content (AvgIpc) is 2.35. The van der Waals surface area contributed by atoms with Crippen LogP contribution in [0.3, 0.4) is 0 Å². The second kappa shape index (κ2) is 5.15. The van der Waals surface area contributed by atoms with E-state index in [4.69, 9.17) is 5.73 Å². The Morgan fingerprint density at radius 2 is 2.25 bits per heavy atom. The molecule has 0 saturated carbocycles. The predicted molar refractivity (Wildman–Crippen MR) is 82.3 cm³/mol. The summed E-state index contributed by atoms with van der Waals surface area (Å²) in [5, 5.41) is 3.80. The van der Waals surface area contributed by atoms with E-state index in [1.54, 1.807) is 6.21 Å². The van der Waals surface area contributed by atoms with Crippen LogP contribution in [-0.4, -0.2) is 24.8 Å². The van der Waals surface area contributed by atoms with Crippen LogP contribution < -0.4 is 16.1 Å². The summed E-state index contributed by atoms with van der Waals surface area (Å²) in [4.78, 5) is 12.9. The van der Waals surface area contributed by atoms with E-state index in [9.17, 15) is 4.79 Å². The Hall–Kier alpha value is -2.04. The van der Waals surface area contributed by atoms with Crippen molar-refractivity contribution in [3.63, 3.8) is 0 Å². The molecule has 5 heteroatoms. The molecular weight excluding hydrogens is 252 g/mol. The van der Waals surface area contributed by atoms with Crippen molar-refractivity contribution in [1.29, 1.82) is 0 Å². The Labute approximate surface area is 119 Å². The molecule has 1 aromatic carbocycles. The zero-order valence-electron chi connectivity index (χ0n) is 12.5. The number of rotatable bonds is 2. The molecule has 0 radical (unpaired) electrons. The van der Waals surface area contributed by atoms with Crippen molar-refractivity contribution in [2.45, 2.75) is 38.6 Å². The second-order valence-corrected chi connectivity index (χ2v) is 6.03. The summed E-state index contributed by atoms with van der Waals surface area (Å²) in [6.45, 7) is 6.77. The highest BCUT2D eigenvalue weighted by molar-refractivity contribution is 5.83. The Morgan fingerprint density at radius 1 is 1.55 bits per heavy atom. The molecule has 0 bridgehead atoms. The summed E-state index contributed by atoms with van der Waals surface area (Å²) >= 11 is 0. The minimum Gasteiger partial charge on any atom is -0.369 e. The molecular formula is C15H22N4O. The van der Waals surface area contributed by atoms with E-state index in [2.05, 4.69) is 55.4 Å². The van der Waals surface area contributed by atoms with Gasteiger partial charge in [-0.25, -0.2) is 10.2 Å². The first-order valence-electron chi connectivity index (χ1n) is 6.77. The van der Waals surface area contributed by atoms with E-state index in [1.807, 2.05) is 6.07 Å². The predicted octanol–water partition coefficient (Wildman–Crippen LogP) is 2.41. The SMILES string of the molecule is CC1CC(C)(C)N(C)c2ccc(C=NNC(N)=O)cc21. The van der Waals surface area contributed by atoms with E-state index < -0.39 is 6.03 Å². The molecule has 1 heterocycles. The Morgan fingerprint density at radius 3 is 2.90 bits per heavy atom. The Balaban J connectivity index is 2.30. The van der Waals surface area contributed by atoms with Crippen molar-refractivity contribution in [2.75, 3.05) is 11.9 Å². The number of hydrogen-bond acceptors (Lipinski definition) is 3. The van der Waals surface area contributed by atoms with Crippen LogP contribution in [0.4, 0.5) is 10.5 Å². The minimum atomic E-state index is -0.658. The van der Waals surface area contributed by atoms with Crippen molar-refractivity contribution in [3.05, 3.63) is 29.3 Å². The molecule has 0 aliphatic carbocycles. The van der Waals surface area contributed by atoms with Gasteiger partial charge in [-0.15, -0.1) is 0 Å². The van der Waals surface area contributed by atoms with Crippen LogP contribution >= 0.6 is 0 Å². The third kappa shape index (κ3) is 2.76. The topological polar surface area (TPSA) is 70.7 Å². The fourth-order valence-corrected chi connectivity index (χ4v) is 2.85. The van der Waals surface area contributed by atoms with E-state index >= 15 is 0 Å². The second-order valence-electron chi connectivity index (χ2n) is 6.03. The number of amides is 2. The van der Waals surface area contributed by atoms with E-state index in [0.29, 0.717) is 5.92 Å². The highest BCUT2D eigenvalue weighted by Gasteiger charge is 2.33. The third-order valence-electron chi connectivity index (χ3n) is 4.05. The van der Waals surface area contributed by atoms with E-state index in [0.717, 1.165) is 12.0 Å². The molecule has 1 atom stereocenters. The van der Waals surface area contributed by atoms with Crippen molar-refractivity contribution in [1.82, 2.24) is 5.43 Å². The van der Waals surface area contributed by atoms with Gasteiger partial charge in [0.25, 0.3) is 0 Å². The maximum absolute atomic E-state index is 10.6. The van der Waals surface area contributed by atoms with Gasteiger partial charge < -0.3 is 10.6 Å². The number of hydrogen-bond donors (Lipinski definition) is 2. The van der Waals surface area contributed by atoms with Gasteiger partial charge >= 0.3 is 6.03 Å². The molecule has 0 fully saturated rings. The highest BCUT2D eigenvalue weighted by Crippen LogP contribution is 2.42. The molecule has 0 saturated heterocycles. The maximum atomic E-state index is 10.6. The first-order chi connectivity index (χ1) is 9.31. The lowest BCUT2D eigenvalue weighted by atomic mass is 9.80. The van der Waals surface area contributed by atoms with Crippen LogP contribution in [0.1, 0.15) is 44.2 Å². The first-order valence-corrected chi connectivity index (χ1v) is 6.77. The van der Waals surface area contributed by atoms with Gasteiger partial charge in [0.2, 0.25) is 0 Å². The monoisotopic (exact) mass is 274 g/mol. The zero-order chi connectivity index (χ0) is 14.9. The van der Waals surface area contributed by atoms with E-state index in [-0.39, 0.29) is 5.54 Å². The van der Waals surface area contributed by atoms with Gasteiger partial charge in [-0.05, 0) is 49.4 Å². The molecule has 2 rings (SSSR count). The van der Waals surface area contributed by atoms with Crippen LogP contribution in [0.5, 0.6) is 0 Å². The van der Waals surface area contributed by atoms with Gasteiger partial charge in [0, 0.05) is 18.3 Å². The van der Waals surface area contributed by atoms with Gasteiger partial charge in [-0.1, -0.05) is 13.0 Å². The molecule has 1 unspecified atom stereocenters. The van der Waals surface area contributed by atoms with E-state index in [1.165, 1.54) is 11.3 Å². The highest BCUT2D eigenvalue weighted by atomic mass is 16.2. The minimum absolute atomic E-state index is 0.162. The third-order valence-corrected chi connectivity index (χ3v) is 4.05. The number of benzene rings is 1. The molecule has 2 amide bonds. The first kappa shape index (κ1) is 14.4. The fraction of sp³-hybridized carbons (Fsp3) is 0.467. The number of carbonyl (C=O) groups is 1. The van der Waals surface area contributed by atoms with Crippen molar-refractivity contribution >= 4 is 17.9 Å². The standard InChI is InChI=1S/C15H22N4O/c1-10-8-15(2,3)19(4)13-6-5-11(7-12(10)13)9-17-18-14(16)20/h5-7,9-10H,8H2,1-4H3,(H3,16,18,20). The number of fused-ring (bicyclic) bond motifs is 1. The van der Waals surface area contributed by atoms with Crippen molar-refractivity contribution in [2.24, 2.45) is 10.8 Å². The summed E-state index contributed by atoms with van der Waals surface area (Å²) in [6.07, 6.45) is 2.72. The Bertz CT molecular complexity index is 551. The van der Waals surface area contributed by atoms with Crippen LogP contribution in [0, 0.1) is 0 Å². The number of primary amides is 1.